The Hall–Kier alpha value is -2.07. The van der Waals surface area contributed by atoms with Crippen LogP contribution in [0, 0.1) is 0 Å². The van der Waals surface area contributed by atoms with E-state index in [1.165, 1.54) is 6.08 Å². The second-order valence-electron chi connectivity index (χ2n) is 4.12. The molecule has 4 atom stereocenters. The van der Waals surface area contributed by atoms with Gasteiger partial charge in [-0.3, -0.25) is 19.1 Å². The van der Waals surface area contributed by atoms with Crippen molar-refractivity contribution in [1.82, 2.24) is 9.55 Å². The van der Waals surface area contributed by atoms with Crippen LogP contribution in [0.25, 0.3) is 0 Å². The van der Waals surface area contributed by atoms with Gasteiger partial charge < -0.3 is 20.1 Å². The van der Waals surface area contributed by atoms with E-state index in [2.05, 4.69) is 6.58 Å². The van der Waals surface area contributed by atoms with E-state index in [1.807, 2.05) is 4.98 Å². The number of aldehydes is 1. The molecule has 0 bridgehead atoms. The molecule has 0 saturated carbocycles. The summed E-state index contributed by atoms with van der Waals surface area (Å²) >= 11 is 0. The maximum absolute atomic E-state index is 11.4. The average Bonchev–Trinajstić information content (AvgIpc) is 2.75. The monoisotopic (exact) mass is 300 g/mol. The fourth-order valence-electron chi connectivity index (χ4n) is 1.74. The van der Waals surface area contributed by atoms with Gasteiger partial charge in [0.1, 0.15) is 24.6 Å². The highest BCUT2D eigenvalue weighted by Gasteiger charge is 2.43. The minimum atomic E-state index is -1.35. The highest BCUT2D eigenvalue weighted by molar-refractivity contribution is 5.63. The number of aromatic nitrogens is 2. The van der Waals surface area contributed by atoms with Crippen molar-refractivity contribution in [3.63, 3.8) is 0 Å². The third kappa shape index (κ3) is 3.95. The average molecular weight is 300 g/mol. The molecule has 0 unspecified atom stereocenters. The molecule has 4 N–H and O–H groups in total. The standard InChI is InChI=1S/C9H12N2O6.C3H4O/c12-3-4-6(14)7(15)8(17-4)11-2-1-5(13)10-9(11)16;1-2-3-4/h1-2,4,6-8,12,14-15H,3H2,(H,10,13,16);2-3H,1H2/t4-,6-,7-,8-;/m1./s1. The van der Waals surface area contributed by atoms with Gasteiger partial charge in [-0.25, -0.2) is 4.79 Å². The zero-order valence-electron chi connectivity index (χ0n) is 11.0. The molecule has 2 rings (SSSR count). The lowest BCUT2D eigenvalue weighted by atomic mass is 10.1. The van der Waals surface area contributed by atoms with Gasteiger partial charge in [-0.2, -0.15) is 0 Å². The van der Waals surface area contributed by atoms with Crippen LogP contribution in [0.4, 0.5) is 0 Å². The molecule has 1 aliphatic rings. The Morgan fingerprint density at radius 2 is 2.00 bits per heavy atom. The molecule has 1 aliphatic heterocycles. The summed E-state index contributed by atoms with van der Waals surface area (Å²) in [6, 6.07) is 1.09. The van der Waals surface area contributed by atoms with Gasteiger partial charge >= 0.3 is 5.69 Å². The third-order valence-corrected chi connectivity index (χ3v) is 2.74. The van der Waals surface area contributed by atoms with Crippen molar-refractivity contribution in [3.8, 4) is 0 Å². The van der Waals surface area contributed by atoms with Gasteiger partial charge in [0, 0.05) is 12.3 Å². The molecule has 1 fully saturated rings. The Kier molecular flexibility index (Phi) is 6.18. The van der Waals surface area contributed by atoms with E-state index in [-0.39, 0.29) is 0 Å². The molecule has 9 nitrogen and oxygen atoms in total. The Morgan fingerprint density at radius 3 is 2.43 bits per heavy atom. The van der Waals surface area contributed by atoms with Gasteiger partial charge in [-0.15, -0.1) is 0 Å². The van der Waals surface area contributed by atoms with Crippen molar-refractivity contribution in [1.29, 1.82) is 0 Å². The molecular weight excluding hydrogens is 284 g/mol. The number of aliphatic hydroxyl groups excluding tert-OH is 3. The lowest BCUT2D eigenvalue weighted by Crippen LogP contribution is -2.37. The van der Waals surface area contributed by atoms with Crippen LogP contribution < -0.4 is 11.2 Å². The Bertz CT molecular complexity index is 588. The minimum Gasteiger partial charge on any atom is -0.394 e. The first-order valence-corrected chi connectivity index (χ1v) is 5.96. The van der Waals surface area contributed by atoms with Gasteiger partial charge in [-0.05, 0) is 6.08 Å². The molecule has 1 aromatic rings. The van der Waals surface area contributed by atoms with Gasteiger partial charge in [0.05, 0.1) is 6.61 Å². The van der Waals surface area contributed by atoms with Crippen molar-refractivity contribution in [2.75, 3.05) is 6.61 Å². The lowest BCUT2D eigenvalue weighted by Gasteiger charge is -2.16. The number of carbonyl (C=O) groups excluding carboxylic acids is 1. The van der Waals surface area contributed by atoms with E-state index < -0.39 is 42.4 Å². The molecular formula is C12H16N2O7. The number of hydrogen-bond donors (Lipinski definition) is 4. The number of H-pyrrole nitrogens is 1. The molecule has 1 saturated heterocycles. The summed E-state index contributed by atoms with van der Waals surface area (Å²) in [6.45, 7) is 2.63. The SMILES string of the molecule is C=CC=O.O=c1ccn([C@@H]2O[C@H](CO)[C@@H](O)[C@H]2O)c(=O)[nH]1. The molecule has 0 aliphatic carbocycles. The minimum absolute atomic E-state index is 0.479. The van der Waals surface area contributed by atoms with E-state index in [0.29, 0.717) is 6.29 Å². The van der Waals surface area contributed by atoms with Gasteiger partial charge in [-0.1, -0.05) is 6.58 Å². The van der Waals surface area contributed by atoms with Crippen molar-refractivity contribution in [2.45, 2.75) is 24.5 Å². The highest BCUT2D eigenvalue weighted by atomic mass is 16.6. The number of allylic oxidation sites excluding steroid dienone is 1. The van der Waals surface area contributed by atoms with Crippen molar-refractivity contribution >= 4 is 6.29 Å². The second kappa shape index (κ2) is 7.64. The summed E-state index contributed by atoms with van der Waals surface area (Å²) in [4.78, 5) is 33.4. The Morgan fingerprint density at radius 1 is 1.38 bits per heavy atom. The molecule has 0 amide bonds. The molecule has 0 aromatic carbocycles. The predicted molar refractivity (Wildman–Crippen MR) is 70.6 cm³/mol. The van der Waals surface area contributed by atoms with Gasteiger partial charge in [0.2, 0.25) is 0 Å². The van der Waals surface area contributed by atoms with Crippen LogP contribution in [0.1, 0.15) is 6.23 Å². The molecule has 21 heavy (non-hydrogen) atoms. The molecule has 116 valence electrons. The summed E-state index contributed by atoms with van der Waals surface area (Å²) in [6.07, 6.45) is -1.75. The third-order valence-electron chi connectivity index (χ3n) is 2.74. The van der Waals surface area contributed by atoms with Gasteiger partial charge in [0.15, 0.2) is 6.23 Å². The zero-order chi connectivity index (χ0) is 16.0. The van der Waals surface area contributed by atoms with Crippen LogP contribution in [-0.4, -0.2) is 56.1 Å². The number of rotatable bonds is 3. The normalized spacial score (nSPS) is 27.6. The number of carbonyl (C=O) groups is 1. The van der Waals surface area contributed by atoms with E-state index >= 15 is 0 Å². The number of hydrogen-bond acceptors (Lipinski definition) is 7. The number of aromatic amines is 1. The largest absolute Gasteiger partial charge is 0.394 e. The number of aliphatic hydroxyl groups is 3. The van der Waals surface area contributed by atoms with E-state index in [4.69, 9.17) is 14.6 Å². The van der Waals surface area contributed by atoms with Gasteiger partial charge in [0.25, 0.3) is 5.56 Å². The molecule has 1 aromatic heterocycles. The van der Waals surface area contributed by atoms with Crippen molar-refractivity contribution in [2.24, 2.45) is 0 Å². The number of ether oxygens (including phenoxy) is 1. The van der Waals surface area contributed by atoms with Crippen LogP contribution in [0.5, 0.6) is 0 Å². The molecule has 2 heterocycles. The van der Waals surface area contributed by atoms with Crippen LogP contribution >= 0.6 is 0 Å². The molecule has 9 heteroatoms. The fourth-order valence-corrected chi connectivity index (χ4v) is 1.74. The number of nitrogens with zero attached hydrogens (tertiary/aromatic N) is 1. The van der Waals surface area contributed by atoms with E-state index in [1.54, 1.807) is 0 Å². The Labute approximate surface area is 118 Å². The molecule has 0 spiro atoms. The smallest absolute Gasteiger partial charge is 0.330 e. The van der Waals surface area contributed by atoms with Crippen LogP contribution in [-0.2, 0) is 9.53 Å². The summed E-state index contributed by atoms with van der Waals surface area (Å²) in [5.41, 5.74) is -1.33. The maximum Gasteiger partial charge on any atom is 0.330 e. The van der Waals surface area contributed by atoms with Crippen LogP contribution in [0.3, 0.4) is 0 Å². The summed E-state index contributed by atoms with van der Waals surface area (Å²) in [7, 11) is 0. The first kappa shape index (κ1) is 17.0. The number of nitrogens with one attached hydrogen (secondary N) is 1. The summed E-state index contributed by atoms with van der Waals surface area (Å²) in [5.74, 6) is 0. The maximum atomic E-state index is 11.4. The van der Waals surface area contributed by atoms with Crippen LogP contribution in [0.15, 0.2) is 34.5 Å². The van der Waals surface area contributed by atoms with Crippen LogP contribution in [0.2, 0.25) is 0 Å². The fraction of sp³-hybridized carbons (Fsp3) is 0.417. The van der Waals surface area contributed by atoms with Crippen molar-refractivity contribution in [3.05, 3.63) is 45.8 Å². The van der Waals surface area contributed by atoms with E-state index in [0.717, 1.165) is 16.8 Å². The first-order valence-electron chi connectivity index (χ1n) is 5.96. The predicted octanol–water partition coefficient (Wildman–Crippen LogP) is -2.48. The molecule has 0 radical (unpaired) electrons. The Balaban J connectivity index is 0.000000491. The summed E-state index contributed by atoms with van der Waals surface area (Å²) in [5, 5.41) is 28.1. The zero-order valence-corrected chi connectivity index (χ0v) is 11.0. The first-order chi connectivity index (χ1) is 9.96. The second-order valence-corrected chi connectivity index (χ2v) is 4.12. The topological polar surface area (TPSA) is 142 Å². The quantitative estimate of drug-likeness (QED) is 0.357. The summed E-state index contributed by atoms with van der Waals surface area (Å²) < 4.78 is 6.08. The van der Waals surface area contributed by atoms with E-state index in [9.17, 15) is 19.8 Å². The van der Waals surface area contributed by atoms with Crippen molar-refractivity contribution < 1.29 is 24.9 Å². The lowest BCUT2D eigenvalue weighted by molar-refractivity contribution is -0.104. The highest BCUT2D eigenvalue weighted by Crippen LogP contribution is 2.27.